The zero-order valence-corrected chi connectivity index (χ0v) is 21.1. The molecule has 0 saturated heterocycles. The number of amides is 2. The van der Waals surface area contributed by atoms with Crippen molar-refractivity contribution in [1.29, 1.82) is 0 Å². The number of carboxylic acid groups (broad SMARTS) is 1. The minimum Gasteiger partial charge on any atom is -0.481 e. The molecule has 0 fully saturated rings. The van der Waals surface area contributed by atoms with E-state index in [2.05, 4.69) is 8.37 Å². The van der Waals surface area contributed by atoms with Crippen molar-refractivity contribution in [3.8, 4) is 11.5 Å². The highest BCUT2D eigenvalue weighted by Gasteiger charge is 2.53. The maximum atomic E-state index is 13.4. The van der Waals surface area contributed by atoms with Crippen LogP contribution < -0.4 is 13.3 Å². The van der Waals surface area contributed by atoms with Gasteiger partial charge in [0.15, 0.2) is 11.5 Å². The number of carbonyl (C=O) groups is 3. The summed E-state index contributed by atoms with van der Waals surface area (Å²) in [6.45, 7) is 0. The molecule has 1 heterocycles. The number of hydrogen-bond acceptors (Lipinski definition) is 9. The molecule has 2 amide bonds. The van der Waals surface area contributed by atoms with Crippen molar-refractivity contribution in [3.05, 3.63) is 65.2 Å². The van der Waals surface area contributed by atoms with E-state index in [1.807, 2.05) is 0 Å². The summed E-state index contributed by atoms with van der Waals surface area (Å²) in [5, 5.41) is 7.24. The van der Waals surface area contributed by atoms with Crippen molar-refractivity contribution in [2.75, 3.05) is 4.90 Å². The van der Waals surface area contributed by atoms with Gasteiger partial charge in [0.05, 0.1) is 12.1 Å². The molecule has 0 bridgehead atoms. The van der Waals surface area contributed by atoms with Gasteiger partial charge in [0.1, 0.15) is 11.1 Å². The van der Waals surface area contributed by atoms with Crippen LogP contribution in [-0.4, -0.2) is 50.7 Å². The molecule has 0 saturated carbocycles. The predicted octanol–water partition coefficient (Wildman–Crippen LogP) is 3.72. The maximum absolute atomic E-state index is 13.4. The number of benzene rings is 3. The van der Waals surface area contributed by atoms with Crippen molar-refractivity contribution < 1.29 is 71.0 Å². The molecule has 3 aromatic rings. The third kappa shape index (κ3) is 5.12. The van der Waals surface area contributed by atoms with Crippen LogP contribution in [0.4, 0.5) is 32.0 Å². The molecular weight excluding hydrogens is 616 g/mol. The molecule has 41 heavy (non-hydrogen) atoms. The van der Waals surface area contributed by atoms with E-state index in [-0.39, 0.29) is 10.5 Å². The summed E-state index contributed by atoms with van der Waals surface area (Å²) in [6.07, 6.45) is -0.506. The minimum atomic E-state index is -6.55. The molecule has 1 N–H and O–H groups in total. The fraction of sp³-hybridized carbons (Fsp3) is 0.136. The number of nitrogens with zero attached hydrogens (tertiary/aromatic N) is 1. The van der Waals surface area contributed by atoms with Crippen molar-refractivity contribution in [2.24, 2.45) is 0 Å². The van der Waals surface area contributed by atoms with E-state index in [0.717, 1.165) is 48.5 Å². The number of imide groups is 1. The fourth-order valence-corrected chi connectivity index (χ4v) is 4.73. The molecule has 1 aliphatic rings. The van der Waals surface area contributed by atoms with E-state index in [1.165, 1.54) is 0 Å². The first-order chi connectivity index (χ1) is 18.8. The molecule has 0 radical (unpaired) electrons. The average molecular weight is 627 g/mol. The molecule has 11 nitrogen and oxygen atoms in total. The van der Waals surface area contributed by atoms with Gasteiger partial charge in [-0.3, -0.25) is 14.4 Å². The van der Waals surface area contributed by atoms with E-state index in [4.69, 9.17) is 5.11 Å². The molecule has 0 unspecified atom stereocenters. The summed E-state index contributed by atoms with van der Waals surface area (Å²) in [5.74, 6) is -7.38. The van der Waals surface area contributed by atoms with E-state index in [0.29, 0.717) is 0 Å². The monoisotopic (exact) mass is 627 g/mol. The molecule has 3 aromatic carbocycles. The second kappa shape index (κ2) is 9.61. The predicted molar refractivity (Wildman–Crippen MR) is 124 cm³/mol. The normalized spacial score (nSPS) is 14.3. The lowest BCUT2D eigenvalue weighted by Crippen LogP contribution is -2.30. The molecule has 218 valence electrons. The minimum absolute atomic E-state index is 0.157. The van der Waals surface area contributed by atoms with Gasteiger partial charge >= 0.3 is 37.2 Å². The summed E-state index contributed by atoms with van der Waals surface area (Å²) >= 11 is 0. The van der Waals surface area contributed by atoms with E-state index < -0.39 is 94.5 Å². The van der Waals surface area contributed by atoms with Crippen LogP contribution in [0.5, 0.6) is 11.5 Å². The van der Waals surface area contributed by atoms with Crippen molar-refractivity contribution >= 4 is 54.5 Å². The van der Waals surface area contributed by atoms with Gasteiger partial charge in [0.25, 0.3) is 11.8 Å². The zero-order valence-electron chi connectivity index (χ0n) is 19.5. The lowest BCUT2D eigenvalue weighted by molar-refractivity contribution is -0.136. The van der Waals surface area contributed by atoms with Crippen LogP contribution in [0.15, 0.2) is 48.5 Å². The lowest BCUT2D eigenvalue weighted by atomic mass is 9.99. The van der Waals surface area contributed by atoms with E-state index >= 15 is 0 Å². The first kappa shape index (κ1) is 29.6. The second-order valence-electron chi connectivity index (χ2n) is 8.10. The molecule has 4 rings (SSSR count). The van der Waals surface area contributed by atoms with Gasteiger partial charge in [0, 0.05) is 10.8 Å². The number of halogens is 6. The highest BCUT2D eigenvalue weighted by atomic mass is 32.2. The molecule has 0 atom stereocenters. The lowest BCUT2D eigenvalue weighted by Gasteiger charge is -2.17. The zero-order chi connectivity index (χ0) is 30.7. The number of aliphatic carboxylic acids is 1. The molecule has 1 aliphatic heterocycles. The molecule has 0 aromatic heterocycles. The largest absolute Gasteiger partial charge is 0.534 e. The summed E-state index contributed by atoms with van der Waals surface area (Å²) in [7, 11) is -13.1. The molecule has 19 heteroatoms. The SMILES string of the molecule is O=C(O)Cc1ccc(N2C(=O)c3c(c(OS(=O)(=O)C(F)(F)F)c4ccccc4c3OS(=O)(=O)C(F)(F)F)C2=O)cc1. The quantitative estimate of drug-likeness (QED) is 0.177. The Morgan fingerprint density at radius 2 is 1.12 bits per heavy atom. The Morgan fingerprint density at radius 3 is 1.46 bits per heavy atom. The van der Waals surface area contributed by atoms with Crippen LogP contribution in [0.3, 0.4) is 0 Å². The van der Waals surface area contributed by atoms with Crippen molar-refractivity contribution in [2.45, 2.75) is 17.4 Å². The Balaban J connectivity index is 2.04. The molecule has 0 aliphatic carbocycles. The summed E-state index contributed by atoms with van der Waals surface area (Å²) in [4.78, 5) is 37.9. The number of rotatable bonds is 7. The Hall–Kier alpha value is -4.39. The number of carboxylic acids is 1. The molecular formula is C22H11F6NO10S2. The smallest absolute Gasteiger partial charge is 0.481 e. The second-order valence-corrected chi connectivity index (χ2v) is 11.2. The first-order valence-electron chi connectivity index (χ1n) is 10.6. The highest BCUT2D eigenvalue weighted by molar-refractivity contribution is 7.88. The van der Waals surface area contributed by atoms with Gasteiger partial charge in [0.2, 0.25) is 0 Å². The van der Waals surface area contributed by atoms with Gasteiger partial charge in [-0.25, -0.2) is 4.90 Å². The summed E-state index contributed by atoms with van der Waals surface area (Å²) < 4.78 is 135. The molecule has 0 spiro atoms. The average Bonchev–Trinajstić information content (AvgIpc) is 3.10. The van der Waals surface area contributed by atoms with Crippen LogP contribution in [-0.2, 0) is 31.5 Å². The Labute approximate surface area is 224 Å². The van der Waals surface area contributed by atoms with Crippen LogP contribution in [0.2, 0.25) is 0 Å². The topological polar surface area (TPSA) is 161 Å². The Morgan fingerprint density at radius 1 is 0.732 bits per heavy atom. The fourth-order valence-electron chi connectivity index (χ4n) is 3.76. The number of anilines is 1. The first-order valence-corrected chi connectivity index (χ1v) is 13.4. The Kier molecular flexibility index (Phi) is 6.94. The standard InChI is InChI=1S/C22H11F6NO10S2/c23-21(24,25)40(34,35)38-17-12-3-1-2-4-13(12)18(39-41(36,37)22(26,27)28)16-15(17)19(32)29(20(16)33)11-7-5-10(6-8-11)9-14(30)31/h1-8H,9H2,(H,30,31). The van der Waals surface area contributed by atoms with Gasteiger partial charge in [-0.05, 0) is 17.7 Å². The number of hydrogen-bond donors (Lipinski definition) is 1. The highest BCUT2D eigenvalue weighted by Crippen LogP contribution is 2.48. The van der Waals surface area contributed by atoms with Crippen molar-refractivity contribution in [3.63, 3.8) is 0 Å². The van der Waals surface area contributed by atoms with Crippen molar-refractivity contribution in [1.82, 2.24) is 0 Å². The third-order valence-electron chi connectivity index (χ3n) is 5.46. The van der Waals surface area contributed by atoms with Crippen LogP contribution in [0, 0.1) is 0 Å². The number of alkyl halides is 6. The van der Waals surface area contributed by atoms with E-state index in [1.54, 1.807) is 0 Å². The van der Waals surface area contributed by atoms with Crippen LogP contribution in [0.25, 0.3) is 10.8 Å². The Bertz CT molecular complexity index is 1730. The van der Waals surface area contributed by atoms with Gasteiger partial charge in [-0.2, -0.15) is 43.2 Å². The summed E-state index contributed by atoms with van der Waals surface area (Å²) in [6, 6.07) is 7.88. The summed E-state index contributed by atoms with van der Waals surface area (Å²) in [5.41, 5.74) is -15.1. The van der Waals surface area contributed by atoms with Crippen LogP contribution >= 0.6 is 0 Å². The number of carbonyl (C=O) groups excluding carboxylic acids is 2. The van der Waals surface area contributed by atoms with Gasteiger partial charge < -0.3 is 13.5 Å². The number of fused-ring (bicyclic) bond motifs is 2. The van der Waals surface area contributed by atoms with Gasteiger partial charge in [-0.1, -0.05) is 36.4 Å². The van der Waals surface area contributed by atoms with E-state index in [9.17, 15) is 57.6 Å². The van der Waals surface area contributed by atoms with Crippen LogP contribution in [0.1, 0.15) is 26.3 Å². The maximum Gasteiger partial charge on any atom is 0.534 e. The third-order valence-corrected chi connectivity index (χ3v) is 7.36. The van der Waals surface area contributed by atoms with Gasteiger partial charge in [-0.15, -0.1) is 0 Å².